The van der Waals surface area contributed by atoms with E-state index in [2.05, 4.69) is 5.32 Å². The molecule has 1 unspecified atom stereocenters. The Morgan fingerprint density at radius 3 is 2.83 bits per heavy atom. The third-order valence-corrected chi connectivity index (χ3v) is 2.50. The van der Waals surface area contributed by atoms with Crippen molar-refractivity contribution in [3.63, 3.8) is 0 Å². The summed E-state index contributed by atoms with van der Waals surface area (Å²) in [5, 5.41) is 2.75. The van der Waals surface area contributed by atoms with E-state index in [1.54, 1.807) is 6.08 Å². The number of rotatable bonds is 0. The molecule has 2 rings (SSSR count). The molecule has 0 saturated carbocycles. The van der Waals surface area contributed by atoms with Gasteiger partial charge < -0.3 is 5.32 Å². The average Bonchev–Trinajstić information content (AvgIpc) is 2.03. The molecule has 3 heteroatoms. The number of piperidine rings is 1. The molecule has 1 atom stereocenters. The minimum atomic E-state index is 0.0483. The lowest BCUT2D eigenvalue weighted by molar-refractivity contribution is -0.122. The molecule has 1 fully saturated rings. The van der Waals surface area contributed by atoms with Gasteiger partial charge in [0.15, 0.2) is 5.78 Å². The third kappa shape index (κ3) is 1.26. The van der Waals surface area contributed by atoms with E-state index in [0.717, 1.165) is 18.5 Å². The Balaban J connectivity index is 2.20. The fourth-order valence-electron chi connectivity index (χ4n) is 1.80. The summed E-state index contributed by atoms with van der Waals surface area (Å²) < 4.78 is 0. The van der Waals surface area contributed by atoms with Crippen molar-refractivity contribution >= 4 is 11.7 Å². The second kappa shape index (κ2) is 2.73. The van der Waals surface area contributed by atoms with Gasteiger partial charge in [-0.25, -0.2) is 0 Å². The van der Waals surface area contributed by atoms with Crippen molar-refractivity contribution in [2.45, 2.75) is 25.7 Å². The molecule has 1 N–H and O–H groups in total. The third-order valence-electron chi connectivity index (χ3n) is 2.50. The molecular weight excluding hydrogens is 154 g/mol. The summed E-state index contributed by atoms with van der Waals surface area (Å²) in [7, 11) is 0. The molecule has 64 valence electrons. The van der Waals surface area contributed by atoms with Gasteiger partial charge in [0.2, 0.25) is 5.91 Å². The second-order valence-electron chi connectivity index (χ2n) is 3.39. The Morgan fingerprint density at radius 1 is 1.25 bits per heavy atom. The van der Waals surface area contributed by atoms with Crippen molar-refractivity contribution in [1.29, 1.82) is 0 Å². The summed E-state index contributed by atoms with van der Waals surface area (Å²) in [5.41, 5.74) is 0.850. The highest BCUT2D eigenvalue weighted by Crippen LogP contribution is 2.28. The Labute approximate surface area is 70.8 Å². The van der Waals surface area contributed by atoms with Crippen LogP contribution >= 0.6 is 0 Å². The van der Waals surface area contributed by atoms with Gasteiger partial charge in [0.05, 0.1) is 0 Å². The molecule has 1 amide bonds. The Hall–Kier alpha value is -1.12. The van der Waals surface area contributed by atoms with Gasteiger partial charge in [-0.3, -0.25) is 9.59 Å². The summed E-state index contributed by atoms with van der Waals surface area (Å²) in [6.07, 6.45) is 4.65. The highest BCUT2D eigenvalue weighted by atomic mass is 16.1. The largest absolute Gasteiger partial charge is 0.329 e. The first-order chi connectivity index (χ1) is 5.75. The molecule has 1 saturated heterocycles. The molecule has 0 aromatic carbocycles. The number of fused-ring (bicyclic) bond motifs is 1. The van der Waals surface area contributed by atoms with Crippen LogP contribution in [0.15, 0.2) is 11.8 Å². The lowest BCUT2D eigenvalue weighted by Crippen LogP contribution is -2.35. The molecule has 3 nitrogen and oxygen atoms in total. The molecule has 0 spiro atoms. The first kappa shape index (κ1) is 7.53. The Morgan fingerprint density at radius 2 is 2.00 bits per heavy atom. The number of hydrogen-bond acceptors (Lipinski definition) is 2. The molecule has 1 aliphatic heterocycles. The number of nitrogens with one attached hydrogen (secondary N) is 1. The van der Waals surface area contributed by atoms with E-state index >= 15 is 0 Å². The first-order valence-electron chi connectivity index (χ1n) is 4.30. The van der Waals surface area contributed by atoms with Crippen LogP contribution in [-0.4, -0.2) is 11.7 Å². The Bertz CT molecular complexity index is 268. The molecule has 0 aromatic heterocycles. The van der Waals surface area contributed by atoms with Gasteiger partial charge in [-0.1, -0.05) is 0 Å². The van der Waals surface area contributed by atoms with E-state index in [-0.39, 0.29) is 11.7 Å². The molecule has 1 aliphatic carbocycles. The smallest absolute Gasteiger partial charge is 0.224 e. The molecule has 0 radical (unpaired) electrons. The van der Waals surface area contributed by atoms with Crippen LogP contribution in [-0.2, 0) is 9.59 Å². The lowest BCUT2D eigenvalue weighted by atomic mass is 9.85. The summed E-state index contributed by atoms with van der Waals surface area (Å²) in [5.74, 6) is 0.621. The van der Waals surface area contributed by atoms with Crippen LogP contribution in [0.4, 0.5) is 0 Å². The van der Waals surface area contributed by atoms with E-state index < -0.39 is 0 Å². The van der Waals surface area contributed by atoms with E-state index in [1.807, 2.05) is 0 Å². The molecule has 0 bridgehead atoms. The number of ketones is 1. The van der Waals surface area contributed by atoms with Crippen LogP contribution in [0.5, 0.6) is 0 Å². The van der Waals surface area contributed by atoms with E-state index in [1.165, 1.54) is 0 Å². The topological polar surface area (TPSA) is 46.2 Å². The number of allylic oxidation sites excluding steroid dienone is 2. The van der Waals surface area contributed by atoms with Crippen molar-refractivity contribution in [2.24, 2.45) is 5.92 Å². The van der Waals surface area contributed by atoms with Gasteiger partial charge in [-0.05, 0) is 12.8 Å². The van der Waals surface area contributed by atoms with E-state index in [0.29, 0.717) is 18.8 Å². The minimum absolute atomic E-state index is 0.0483. The van der Waals surface area contributed by atoms with E-state index in [9.17, 15) is 9.59 Å². The van der Waals surface area contributed by atoms with Gasteiger partial charge in [-0.15, -0.1) is 0 Å². The zero-order chi connectivity index (χ0) is 8.55. The molecule has 2 aliphatic rings. The maximum atomic E-state index is 11.0. The van der Waals surface area contributed by atoms with Crippen LogP contribution in [0.1, 0.15) is 25.7 Å². The summed E-state index contributed by atoms with van der Waals surface area (Å²) in [6, 6.07) is 0. The van der Waals surface area contributed by atoms with Crippen LogP contribution in [0.25, 0.3) is 0 Å². The van der Waals surface area contributed by atoms with Crippen molar-refractivity contribution in [3.05, 3.63) is 11.8 Å². The lowest BCUT2D eigenvalue weighted by Gasteiger charge is -2.28. The summed E-state index contributed by atoms with van der Waals surface area (Å²) >= 11 is 0. The second-order valence-corrected chi connectivity index (χ2v) is 3.39. The standard InChI is InChI=1S/C9H11NO2/c11-7-3-1-6-2-4-9(12)10-8(6)5-7/h5-6H,1-4H2,(H,10,12). The van der Waals surface area contributed by atoms with Crippen LogP contribution < -0.4 is 5.32 Å². The highest BCUT2D eigenvalue weighted by molar-refractivity contribution is 5.92. The van der Waals surface area contributed by atoms with Gasteiger partial charge in [0.1, 0.15) is 0 Å². The van der Waals surface area contributed by atoms with Crippen LogP contribution in [0, 0.1) is 5.92 Å². The maximum Gasteiger partial charge on any atom is 0.224 e. The average molecular weight is 165 g/mol. The number of amides is 1. The first-order valence-corrected chi connectivity index (χ1v) is 4.30. The normalized spacial score (nSPS) is 29.0. The monoisotopic (exact) mass is 165 g/mol. The number of carbonyl (C=O) groups excluding carboxylic acids is 2. The minimum Gasteiger partial charge on any atom is -0.329 e. The zero-order valence-corrected chi connectivity index (χ0v) is 6.80. The van der Waals surface area contributed by atoms with Gasteiger partial charge in [0.25, 0.3) is 0 Å². The fourth-order valence-corrected chi connectivity index (χ4v) is 1.80. The highest BCUT2D eigenvalue weighted by Gasteiger charge is 2.26. The predicted molar refractivity (Wildman–Crippen MR) is 43.2 cm³/mol. The zero-order valence-electron chi connectivity index (χ0n) is 6.80. The SMILES string of the molecule is O=C1C=C2NC(=O)CCC2CC1. The van der Waals surface area contributed by atoms with Gasteiger partial charge in [-0.2, -0.15) is 0 Å². The fraction of sp³-hybridized carbons (Fsp3) is 0.556. The van der Waals surface area contributed by atoms with Crippen molar-refractivity contribution in [1.82, 2.24) is 5.32 Å². The van der Waals surface area contributed by atoms with Crippen molar-refractivity contribution in [3.8, 4) is 0 Å². The van der Waals surface area contributed by atoms with Crippen LogP contribution in [0.3, 0.4) is 0 Å². The number of hydrogen-bond donors (Lipinski definition) is 1. The summed E-state index contributed by atoms with van der Waals surface area (Å²) in [4.78, 5) is 22.0. The quantitative estimate of drug-likeness (QED) is 0.576. The molecule has 0 aromatic rings. The predicted octanol–water partition coefficient (Wildman–Crippen LogP) is 0.759. The van der Waals surface area contributed by atoms with Gasteiger partial charge >= 0.3 is 0 Å². The maximum absolute atomic E-state index is 11.0. The number of carbonyl (C=O) groups is 2. The molecule has 12 heavy (non-hydrogen) atoms. The van der Waals surface area contributed by atoms with Crippen LogP contribution in [0.2, 0.25) is 0 Å². The van der Waals surface area contributed by atoms with E-state index in [4.69, 9.17) is 0 Å². The summed E-state index contributed by atoms with van der Waals surface area (Å²) in [6.45, 7) is 0. The van der Waals surface area contributed by atoms with Gasteiger partial charge in [0, 0.05) is 30.5 Å². The Kier molecular flexibility index (Phi) is 1.71. The molecule has 1 heterocycles. The van der Waals surface area contributed by atoms with Crippen molar-refractivity contribution in [2.75, 3.05) is 0 Å². The molecular formula is C9H11NO2. The van der Waals surface area contributed by atoms with Crippen molar-refractivity contribution < 1.29 is 9.59 Å².